The monoisotopic (exact) mass is 333 g/mol. The van der Waals surface area contributed by atoms with E-state index in [2.05, 4.69) is 42.9 Å². The first-order valence-corrected chi connectivity index (χ1v) is 8.42. The Balaban J connectivity index is 2.00. The molecule has 0 spiro atoms. The molecule has 1 aliphatic rings. The van der Waals surface area contributed by atoms with Crippen LogP contribution in [0.3, 0.4) is 0 Å². The maximum absolute atomic E-state index is 13.8. The Morgan fingerprint density at radius 3 is 2.68 bits per heavy atom. The van der Waals surface area contributed by atoms with Crippen molar-refractivity contribution >= 4 is 16.6 Å². The highest BCUT2D eigenvalue weighted by Crippen LogP contribution is 2.39. The van der Waals surface area contributed by atoms with E-state index in [1.807, 2.05) is 24.3 Å². The highest BCUT2D eigenvalue weighted by molar-refractivity contribution is 5.97. The minimum absolute atomic E-state index is 0.104. The van der Waals surface area contributed by atoms with E-state index in [9.17, 15) is 4.39 Å². The first-order chi connectivity index (χ1) is 11.9. The predicted molar refractivity (Wildman–Crippen MR) is 99.9 cm³/mol. The lowest BCUT2D eigenvalue weighted by atomic mass is 9.95. The average molecular weight is 333 g/mol. The van der Waals surface area contributed by atoms with E-state index < -0.39 is 0 Å². The van der Waals surface area contributed by atoms with Crippen LogP contribution in [0.15, 0.2) is 54.9 Å². The largest absolute Gasteiger partial charge is 0.347 e. The van der Waals surface area contributed by atoms with E-state index in [0.29, 0.717) is 5.52 Å². The number of anilines is 1. The van der Waals surface area contributed by atoms with Crippen LogP contribution in [0.25, 0.3) is 22.3 Å². The molecule has 3 nitrogen and oxygen atoms in total. The van der Waals surface area contributed by atoms with Gasteiger partial charge in [0.15, 0.2) is 0 Å². The van der Waals surface area contributed by atoms with Crippen molar-refractivity contribution in [1.29, 1.82) is 0 Å². The summed E-state index contributed by atoms with van der Waals surface area (Å²) in [5.41, 5.74) is 4.49. The molecule has 0 unspecified atom stereocenters. The maximum Gasteiger partial charge on any atom is 0.125 e. The summed E-state index contributed by atoms with van der Waals surface area (Å²) in [4.78, 5) is 11.4. The van der Waals surface area contributed by atoms with Gasteiger partial charge in [-0.1, -0.05) is 26.0 Å². The van der Waals surface area contributed by atoms with E-state index >= 15 is 0 Å². The van der Waals surface area contributed by atoms with Crippen molar-refractivity contribution in [2.45, 2.75) is 20.8 Å². The number of hydrogen-bond donors (Lipinski definition) is 0. The number of fused-ring (bicyclic) bond motifs is 1. The van der Waals surface area contributed by atoms with Crippen molar-refractivity contribution in [2.24, 2.45) is 5.41 Å². The van der Waals surface area contributed by atoms with Gasteiger partial charge in [0.2, 0.25) is 0 Å². The fraction of sp³-hybridized carbons (Fsp3) is 0.238. The molecule has 3 heterocycles. The van der Waals surface area contributed by atoms with E-state index in [4.69, 9.17) is 4.98 Å². The second kappa shape index (κ2) is 5.66. The Morgan fingerprint density at radius 1 is 1.16 bits per heavy atom. The number of aromatic nitrogens is 2. The Bertz CT molecular complexity index is 977. The van der Waals surface area contributed by atoms with Gasteiger partial charge in [0, 0.05) is 41.4 Å². The summed E-state index contributed by atoms with van der Waals surface area (Å²) in [6, 6.07) is 10.6. The maximum atomic E-state index is 13.8. The van der Waals surface area contributed by atoms with Crippen molar-refractivity contribution in [2.75, 3.05) is 11.4 Å². The summed E-state index contributed by atoms with van der Waals surface area (Å²) in [6.45, 7) is 7.36. The number of halogens is 1. The molecule has 1 aliphatic heterocycles. The van der Waals surface area contributed by atoms with Gasteiger partial charge < -0.3 is 4.90 Å². The van der Waals surface area contributed by atoms with Crippen molar-refractivity contribution in [3.63, 3.8) is 0 Å². The van der Waals surface area contributed by atoms with E-state index in [-0.39, 0.29) is 11.2 Å². The SMILES string of the molecule is Cc1c(-c2ccccn2)nc2cc(F)ccc2c1N1C=CC(C)(C)C1. The number of benzene rings is 1. The molecule has 0 saturated carbocycles. The van der Waals surface area contributed by atoms with Crippen LogP contribution in [-0.2, 0) is 0 Å². The molecule has 4 heteroatoms. The molecule has 0 bridgehead atoms. The highest BCUT2D eigenvalue weighted by Gasteiger charge is 2.27. The smallest absolute Gasteiger partial charge is 0.125 e. The lowest BCUT2D eigenvalue weighted by Gasteiger charge is -2.26. The van der Waals surface area contributed by atoms with Crippen LogP contribution in [0.1, 0.15) is 19.4 Å². The average Bonchev–Trinajstić information content (AvgIpc) is 2.95. The normalized spacial score (nSPS) is 15.9. The molecular weight excluding hydrogens is 313 g/mol. The van der Waals surface area contributed by atoms with Crippen molar-refractivity contribution in [1.82, 2.24) is 9.97 Å². The topological polar surface area (TPSA) is 29.0 Å². The molecule has 2 aromatic heterocycles. The van der Waals surface area contributed by atoms with Crippen LogP contribution in [-0.4, -0.2) is 16.5 Å². The molecule has 0 saturated heterocycles. The zero-order chi connectivity index (χ0) is 17.6. The van der Waals surface area contributed by atoms with E-state index in [0.717, 1.165) is 34.6 Å². The number of nitrogens with zero attached hydrogens (tertiary/aromatic N) is 3. The molecule has 0 atom stereocenters. The molecule has 3 aromatic rings. The minimum atomic E-state index is -0.279. The first-order valence-electron chi connectivity index (χ1n) is 8.42. The molecule has 0 amide bonds. The zero-order valence-corrected chi connectivity index (χ0v) is 14.6. The lowest BCUT2D eigenvalue weighted by molar-refractivity contribution is 0.516. The third-order valence-electron chi connectivity index (χ3n) is 4.64. The van der Waals surface area contributed by atoms with Gasteiger partial charge >= 0.3 is 0 Å². The molecular formula is C21H20FN3. The van der Waals surface area contributed by atoms with Gasteiger partial charge in [-0.25, -0.2) is 9.37 Å². The van der Waals surface area contributed by atoms with Crippen LogP contribution < -0.4 is 4.90 Å². The van der Waals surface area contributed by atoms with Crippen molar-refractivity contribution in [3.8, 4) is 11.4 Å². The molecule has 0 fully saturated rings. The molecule has 0 aliphatic carbocycles. The first kappa shape index (κ1) is 15.8. The quantitative estimate of drug-likeness (QED) is 0.653. The van der Waals surface area contributed by atoms with Gasteiger partial charge in [0.25, 0.3) is 0 Å². The van der Waals surface area contributed by atoms with E-state index in [1.54, 1.807) is 6.20 Å². The predicted octanol–water partition coefficient (Wildman–Crippen LogP) is 5.10. The summed E-state index contributed by atoms with van der Waals surface area (Å²) in [7, 11) is 0. The summed E-state index contributed by atoms with van der Waals surface area (Å²) >= 11 is 0. The number of pyridine rings is 2. The van der Waals surface area contributed by atoms with Gasteiger partial charge in [0.05, 0.1) is 22.6 Å². The van der Waals surface area contributed by atoms with Crippen LogP contribution in [0.2, 0.25) is 0 Å². The van der Waals surface area contributed by atoms with Crippen LogP contribution in [0.5, 0.6) is 0 Å². The summed E-state index contributed by atoms with van der Waals surface area (Å²) in [5, 5.41) is 0.959. The second-order valence-electron chi connectivity index (χ2n) is 7.24. The summed E-state index contributed by atoms with van der Waals surface area (Å²) in [6.07, 6.45) is 6.08. The van der Waals surface area contributed by atoms with Crippen molar-refractivity contribution in [3.05, 3.63) is 66.3 Å². The van der Waals surface area contributed by atoms with Crippen molar-refractivity contribution < 1.29 is 4.39 Å². The Hall–Kier alpha value is -2.75. The fourth-order valence-corrected chi connectivity index (χ4v) is 3.43. The van der Waals surface area contributed by atoms with Crippen LogP contribution in [0.4, 0.5) is 10.1 Å². The fourth-order valence-electron chi connectivity index (χ4n) is 3.43. The molecule has 25 heavy (non-hydrogen) atoms. The molecule has 126 valence electrons. The van der Waals surface area contributed by atoms with Gasteiger partial charge in [-0.15, -0.1) is 0 Å². The Morgan fingerprint density at radius 2 is 2.00 bits per heavy atom. The standard InChI is InChI=1S/C21H20FN3/c1-14-19(17-6-4-5-10-23-17)24-18-12-15(22)7-8-16(18)20(14)25-11-9-21(2,3)13-25/h4-12H,13H2,1-3H3. The lowest BCUT2D eigenvalue weighted by Crippen LogP contribution is -2.23. The molecule has 0 radical (unpaired) electrons. The van der Waals surface area contributed by atoms with Gasteiger partial charge in [0.1, 0.15) is 5.82 Å². The van der Waals surface area contributed by atoms with Crippen LogP contribution in [0, 0.1) is 18.2 Å². The van der Waals surface area contributed by atoms with Gasteiger partial charge in [-0.3, -0.25) is 4.98 Å². The highest BCUT2D eigenvalue weighted by atomic mass is 19.1. The third-order valence-corrected chi connectivity index (χ3v) is 4.64. The molecule has 0 N–H and O–H groups in total. The summed E-state index contributed by atoms with van der Waals surface area (Å²) in [5.74, 6) is -0.279. The Kier molecular flexibility index (Phi) is 3.57. The minimum Gasteiger partial charge on any atom is -0.347 e. The van der Waals surface area contributed by atoms with E-state index in [1.165, 1.54) is 12.1 Å². The molecule has 1 aromatic carbocycles. The van der Waals surface area contributed by atoms with Gasteiger partial charge in [-0.2, -0.15) is 0 Å². The Labute approximate surface area is 146 Å². The van der Waals surface area contributed by atoms with Crippen LogP contribution >= 0.6 is 0 Å². The third kappa shape index (κ3) is 2.78. The van der Waals surface area contributed by atoms with Gasteiger partial charge in [-0.05, 0) is 31.2 Å². The number of rotatable bonds is 2. The second-order valence-corrected chi connectivity index (χ2v) is 7.24. The summed E-state index contributed by atoms with van der Waals surface area (Å²) < 4.78 is 13.8. The zero-order valence-electron chi connectivity index (χ0n) is 14.6. The number of hydrogen-bond acceptors (Lipinski definition) is 3. The molecule has 4 rings (SSSR count).